The van der Waals surface area contributed by atoms with Gasteiger partial charge in [0.25, 0.3) is 0 Å². The molecule has 1 nitrogen and oxygen atoms in total. The van der Waals surface area contributed by atoms with E-state index in [4.69, 9.17) is 0 Å². The van der Waals surface area contributed by atoms with E-state index in [1.165, 1.54) is 12.1 Å². The Morgan fingerprint density at radius 1 is 0.900 bits per heavy atom. The highest BCUT2D eigenvalue weighted by Crippen LogP contribution is 2.31. The van der Waals surface area contributed by atoms with Gasteiger partial charge in [-0.25, -0.2) is 0 Å². The molecular formula is C16H16F3N. The molecular weight excluding hydrogens is 263 g/mol. The zero-order valence-corrected chi connectivity index (χ0v) is 11.1. The molecule has 0 spiro atoms. The van der Waals surface area contributed by atoms with E-state index in [0.717, 1.165) is 29.8 Å². The molecule has 4 heteroatoms. The van der Waals surface area contributed by atoms with E-state index in [0.29, 0.717) is 0 Å². The van der Waals surface area contributed by atoms with Gasteiger partial charge in [0, 0.05) is 0 Å². The predicted molar refractivity (Wildman–Crippen MR) is 73.4 cm³/mol. The van der Waals surface area contributed by atoms with Crippen LogP contribution in [0.1, 0.15) is 29.7 Å². The summed E-state index contributed by atoms with van der Waals surface area (Å²) in [5.74, 6) is 0. The van der Waals surface area contributed by atoms with Crippen molar-refractivity contribution in [1.82, 2.24) is 5.32 Å². The highest BCUT2D eigenvalue weighted by molar-refractivity contribution is 5.34. The van der Waals surface area contributed by atoms with E-state index in [1.54, 1.807) is 0 Å². The number of hydrogen-bond donors (Lipinski definition) is 1. The van der Waals surface area contributed by atoms with Gasteiger partial charge in [-0.1, -0.05) is 49.4 Å². The van der Waals surface area contributed by atoms with Crippen LogP contribution in [-0.4, -0.2) is 6.54 Å². The minimum absolute atomic E-state index is 0.0940. The highest BCUT2D eigenvalue weighted by Gasteiger charge is 2.30. The summed E-state index contributed by atoms with van der Waals surface area (Å²) in [6.45, 7) is 2.71. The van der Waals surface area contributed by atoms with Crippen LogP contribution in [0.5, 0.6) is 0 Å². The molecule has 0 fully saturated rings. The van der Waals surface area contributed by atoms with Crippen LogP contribution in [0.15, 0.2) is 54.6 Å². The molecule has 1 unspecified atom stereocenters. The largest absolute Gasteiger partial charge is 0.416 e. The van der Waals surface area contributed by atoms with Crippen molar-refractivity contribution in [3.05, 3.63) is 71.3 Å². The van der Waals surface area contributed by atoms with Crippen LogP contribution in [0, 0.1) is 0 Å². The molecule has 0 radical (unpaired) electrons. The summed E-state index contributed by atoms with van der Waals surface area (Å²) in [6.07, 6.45) is -4.29. The molecule has 0 bridgehead atoms. The SMILES string of the molecule is CCNC(c1ccccc1)c1ccc(C(F)(F)F)cc1. The van der Waals surface area contributed by atoms with Crippen molar-refractivity contribution in [2.75, 3.05) is 6.54 Å². The first-order chi connectivity index (χ1) is 9.52. The lowest BCUT2D eigenvalue weighted by Crippen LogP contribution is -2.22. The number of alkyl halides is 3. The van der Waals surface area contributed by atoms with E-state index in [2.05, 4.69) is 5.32 Å². The average Bonchev–Trinajstić information content (AvgIpc) is 2.45. The Balaban J connectivity index is 2.31. The number of nitrogens with one attached hydrogen (secondary N) is 1. The predicted octanol–water partition coefficient (Wildman–Crippen LogP) is 4.40. The number of hydrogen-bond acceptors (Lipinski definition) is 1. The van der Waals surface area contributed by atoms with Crippen LogP contribution in [-0.2, 0) is 6.18 Å². The average molecular weight is 279 g/mol. The van der Waals surface area contributed by atoms with Crippen molar-refractivity contribution >= 4 is 0 Å². The lowest BCUT2D eigenvalue weighted by atomic mass is 9.97. The first kappa shape index (κ1) is 14.6. The van der Waals surface area contributed by atoms with Crippen LogP contribution in [0.2, 0.25) is 0 Å². The highest BCUT2D eigenvalue weighted by atomic mass is 19.4. The number of benzene rings is 2. The third-order valence-corrected chi connectivity index (χ3v) is 3.11. The molecule has 0 aliphatic rings. The van der Waals surface area contributed by atoms with Crippen LogP contribution in [0.4, 0.5) is 13.2 Å². The van der Waals surface area contributed by atoms with Crippen molar-refractivity contribution < 1.29 is 13.2 Å². The summed E-state index contributed by atoms with van der Waals surface area (Å²) in [5, 5.41) is 3.29. The van der Waals surface area contributed by atoms with E-state index in [1.807, 2.05) is 37.3 Å². The number of halogens is 3. The van der Waals surface area contributed by atoms with Crippen LogP contribution >= 0.6 is 0 Å². The molecule has 0 aromatic heterocycles. The minimum Gasteiger partial charge on any atom is -0.307 e. The van der Waals surface area contributed by atoms with Crippen molar-refractivity contribution in [3.63, 3.8) is 0 Å². The van der Waals surface area contributed by atoms with Crippen LogP contribution < -0.4 is 5.32 Å². The van der Waals surface area contributed by atoms with Gasteiger partial charge in [0.15, 0.2) is 0 Å². The maximum absolute atomic E-state index is 12.6. The van der Waals surface area contributed by atoms with Gasteiger partial charge in [-0.15, -0.1) is 0 Å². The first-order valence-corrected chi connectivity index (χ1v) is 6.48. The topological polar surface area (TPSA) is 12.0 Å². The minimum atomic E-state index is -4.29. The third-order valence-electron chi connectivity index (χ3n) is 3.11. The van der Waals surface area contributed by atoms with Gasteiger partial charge >= 0.3 is 6.18 Å². The van der Waals surface area contributed by atoms with Crippen LogP contribution in [0.3, 0.4) is 0 Å². The summed E-state index contributed by atoms with van der Waals surface area (Å²) in [5.41, 5.74) is 1.24. The summed E-state index contributed by atoms with van der Waals surface area (Å²) < 4.78 is 37.7. The maximum atomic E-state index is 12.6. The normalized spacial score (nSPS) is 13.2. The Labute approximate surface area is 116 Å². The quantitative estimate of drug-likeness (QED) is 0.874. The molecule has 0 saturated carbocycles. The van der Waals surface area contributed by atoms with E-state index < -0.39 is 11.7 Å². The van der Waals surface area contributed by atoms with Gasteiger partial charge in [0.1, 0.15) is 0 Å². The van der Waals surface area contributed by atoms with Gasteiger partial charge in [-0.3, -0.25) is 0 Å². The molecule has 0 heterocycles. The molecule has 20 heavy (non-hydrogen) atoms. The van der Waals surface area contributed by atoms with Crippen molar-refractivity contribution in [2.24, 2.45) is 0 Å². The molecule has 106 valence electrons. The zero-order chi connectivity index (χ0) is 14.6. The van der Waals surface area contributed by atoms with Gasteiger partial charge in [0.05, 0.1) is 11.6 Å². The molecule has 2 rings (SSSR count). The Morgan fingerprint density at radius 3 is 1.95 bits per heavy atom. The first-order valence-electron chi connectivity index (χ1n) is 6.48. The number of rotatable bonds is 4. The Bertz CT molecular complexity index is 532. The molecule has 0 aliphatic carbocycles. The fourth-order valence-electron chi connectivity index (χ4n) is 2.14. The molecule has 1 atom stereocenters. The fraction of sp³-hybridized carbons (Fsp3) is 0.250. The Hall–Kier alpha value is -1.81. The lowest BCUT2D eigenvalue weighted by molar-refractivity contribution is -0.137. The van der Waals surface area contributed by atoms with Crippen molar-refractivity contribution in [1.29, 1.82) is 0 Å². The molecule has 0 saturated heterocycles. The maximum Gasteiger partial charge on any atom is 0.416 e. The van der Waals surface area contributed by atoms with E-state index in [9.17, 15) is 13.2 Å². The van der Waals surface area contributed by atoms with Gasteiger partial charge in [0.2, 0.25) is 0 Å². The molecule has 2 aromatic carbocycles. The molecule has 1 N–H and O–H groups in total. The summed E-state index contributed by atoms with van der Waals surface area (Å²) >= 11 is 0. The van der Waals surface area contributed by atoms with E-state index in [-0.39, 0.29) is 6.04 Å². The summed E-state index contributed by atoms with van der Waals surface area (Å²) in [4.78, 5) is 0. The van der Waals surface area contributed by atoms with Crippen molar-refractivity contribution in [3.8, 4) is 0 Å². The molecule has 2 aromatic rings. The second kappa shape index (κ2) is 6.09. The van der Waals surface area contributed by atoms with Crippen LogP contribution in [0.25, 0.3) is 0 Å². The summed E-state index contributed by atoms with van der Waals surface area (Å²) in [6, 6.07) is 14.9. The lowest BCUT2D eigenvalue weighted by Gasteiger charge is -2.19. The summed E-state index contributed by atoms with van der Waals surface area (Å²) in [7, 11) is 0. The van der Waals surface area contributed by atoms with Gasteiger partial charge in [-0.2, -0.15) is 13.2 Å². The molecule has 0 aliphatic heterocycles. The molecule has 0 amide bonds. The second-order valence-corrected chi connectivity index (χ2v) is 4.52. The monoisotopic (exact) mass is 279 g/mol. The Morgan fingerprint density at radius 2 is 1.45 bits per heavy atom. The van der Waals surface area contributed by atoms with Gasteiger partial charge in [-0.05, 0) is 29.8 Å². The Kier molecular flexibility index (Phi) is 4.45. The fourth-order valence-corrected chi connectivity index (χ4v) is 2.14. The van der Waals surface area contributed by atoms with E-state index >= 15 is 0 Å². The smallest absolute Gasteiger partial charge is 0.307 e. The van der Waals surface area contributed by atoms with Gasteiger partial charge < -0.3 is 5.32 Å². The standard InChI is InChI=1S/C16H16F3N/c1-2-20-15(12-6-4-3-5-7-12)13-8-10-14(11-9-13)16(17,18)19/h3-11,15,20H,2H2,1H3. The third kappa shape index (κ3) is 3.39. The zero-order valence-electron chi connectivity index (χ0n) is 11.1. The second-order valence-electron chi connectivity index (χ2n) is 4.52. The van der Waals surface area contributed by atoms with Crippen molar-refractivity contribution in [2.45, 2.75) is 19.1 Å².